The quantitative estimate of drug-likeness (QED) is 0.841. The summed E-state index contributed by atoms with van der Waals surface area (Å²) in [6.07, 6.45) is 0. The van der Waals surface area contributed by atoms with Gasteiger partial charge >= 0.3 is 5.97 Å². The Kier molecular flexibility index (Phi) is 5.75. The maximum Gasteiger partial charge on any atom is 0.335 e. The fourth-order valence-electron chi connectivity index (χ4n) is 2.88. The Morgan fingerprint density at radius 2 is 1.85 bits per heavy atom. The summed E-state index contributed by atoms with van der Waals surface area (Å²) in [6, 6.07) is 11.6. The highest BCUT2D eigenvalue weighted by Crippen LogP contribution is 2.25. The van der Waals surface area contributed by atoms with Crippen molar-refractivity contribution in [3.05, 3.63) is 64.2 Å². The molecule has 1 heterocycles. The molecule has 0 radical (unpaired) electrons. The number of morpholine rings is 1. The van der Waals surface area contributed by atoms with Crippen LogP contribution in [0.5, 0.6) is 0 Å². The van der Waals surface area contributed by atoms with Crippen molar-refractivity contribution in [1.82, 2.24) is 5.32 Å². The number of halogens is 1. The van der Waals surface area contributed by atoms with Gasteiger partial charge in [-0.05, 0) is 42.0 Å². The number of rotatable bonds is 5. The Morgan fingerprint density at radius 1 is 1.12 bits per heavy atom. The number of hydrogen-bond acceptors (Lipinski definition) is 4. The van der Waals surface area contributed by atoms with Crippen LogP contribution in [-0.4, -0.2) is 43.3 Å². The molecule has 0 unspecified atom stereocenters. The van der Waals surface area contributed by atoms with E-state index in [1.165, 1.54) is 12.1 Å². The van der Waals surface area contributed by atoms with Crippen LogP contribution < -0.4 is 10.2 Å². The van der Waals surface area contributed by atoms with Crippen molar-refractivity contribution in [3.63, 3.8) is 0 Å². The Labute approximate surface area is 156 Å². The van der Waals surface area contributed by atoms with Gasteiger partial charge in [-0.3, -0.25) is 4.79 Å². The second-order valence-corrected chi connectivity index (χ2v) is 6.38. The third-order valence-corrected chi connectivity index (χ3v) is 4.44. The Morgan fingerprint density at radius 3 is 2.58 bits per heavy atom. The van der Waals surface area contributed by atoms with Crippen LogP contribution in [0, 0.1) is 0 Å². The van der Waals surface area contributed by atoms with Crippen LogP contribution in [0.15, 0.2) is 42.5 Å². The molecule has 1 aliphatic rings. The molecule has 1 amide bonds. The largest absolute Gasteiger partial charge is 0.478 e. The molecule has 1 fully saturated rings. The normalized spacial score (nSPS) is 14.1. The number of aromatic carboxylic acids is 1. The number of carbonyl (C=O) groups excluding carboxylic acids is 1. The molecule has 26 heavy (non-hydrogen) atoms. The third kappa shape index (κ3) is 4.33. The molecule has 6 nitrogen and oxygen atoms in total. The molecule has 136 valence electrons. The highest BCUT2D eigenvalue weighted by atomic mass is 35.5. The van der Waals surface area contributed by atoms with E-state index >= 15 is 0 Å². The Bertz CT molecular complexity index is 819. The lowest BCUT2D eigenvalue weighted by Crippen LogP contribution is -2.37. The number of carboxylic acid groups (broad SMARTS) is 1. The Hall–Kier alpha value is -2.57. The molecule has 2 aromatic rings. The number of carbonyl (C=O) groups is 2. The number of nitrogens with one attached hydrogen (secondary N) is 1. The molecule has 0 spiro atoms. The van der Waals surface area contributed by atoms with Crippen molar-refractivity contribution in [2.75, 3.05) is 31.2 Å². The summed E-state index contributed by atoms with van der Waals surface area (Å²) in [6.45, 7) is 3.18. The molecule has 2 N–H and O–H groups in total. The molecule has 0 aliphatic carbocycles. The topological polar surface area (TPSA) is 78.9 Å². The minimum Gasteiger partial charge on any atom is -0.478 e. The number of carboxylic acids is 1. The molecule has 3 rings (SSSR count). The summed E-state index contributed by atoms with van der Waals surface area (Å²) in [5, 5.41) is 12.5. The van der Waals surface area contributed by atoms with Crippen LogP contribution in [0.25, 0.3) is 0 Å². The van der Waals surface area contributed by atoms with Gasteiger partial charge in [0.1, 0.15) is 0 Å². The summed E-state index contributed by atoms with van der Waals surface area (Å²) in [5.74, 6) is -1.40. The zero-order valence-corrected chi connectivity index (χ0v) is 14.8. The lowest BCUT2D eigenvalue weighted by Gasteiger charge is -2.30. The first-order chi connectivity index (χ1) is 12.5. The number of hydrogen-bond donors (Lipinski definition) is 2. The molecular weight excluding hydrogens is 356 g/mol. The number of nitrogens with zero attached hydrogens (tertiary/aromatic N) is 1. The second-order valence-electron chi connectivity index (χ2n) is 5.94. The third-order valence-electron chi connectivity index (χ3n) is 4.20. The van der Waals surface area contributed by atoms with Crippen LogP contribution >= 0.6 is 11.6 Å². The van der Waals surface area contributed by atoms with Gasteiger partial charge in [0.15, 0.2) is 0 Å². The minimum absolute atomic E-state index is 0.0782. The van der Waals surface area contributed by atoms with Crippen LogP contribution in [0.3, 0.4) is 0 Å². The van der Waals surface area contributed by atoms with Crippen LogP contribution in [0.4, 0.5) is 5.69 Å². The summed E-state index contributed by atoms with van der Waals surface area (Å²) in [4.78, 5) is 25.6. The van der Waals surface area contributed by atoms with Crippen LogP contribution in [0.1, 0.15) is 26.3 Å². The molecule has 0 atom stereocenters. The summed E-state index contributed by atoms with van der Waals surface area (Å²) in [7, 11) is 0. The van der Waals surface area contributed by atoms with Crippen molar-refractivity contribution in [1.29, 1.82) is 0 Å². The van der Waals surface area contributed by atoms with Gasteiger partial charge in [-0.2, -0.15) is 0 Å². The lowest BCUT2D eigenvalue weighted by atomic mass is 10.1. The van der Waals surface area contributed by atoms with E-state index < -0.39 is 5.97 Å². The fourth-order valence-corrected chi connectivity index (χ4v) is 3.07. The van der Waals surface area contributed by atoms with Crippen molar-refractivity contribution in [2.45, 2.75) is 6.54 Å². The van der Waals surface area contributed by atoms with E-state index in [2.05, 4.69) is 10.2 Å². The zero-order valence-electron chi connectivity index (χ0n) is 14.1. The minimum atomic E-state index is -1.07. The zero-order chi connectivity index (χ0) is 18.5. The van der Waals surface area contributed by atoms with Crippen LogP contribution in [0.2, 0.25) is 5.02 Å². The van der Waals surface area contributed by atoms with E-state index in [0.717, 1.165) is 24.3 Å². The van der Waals surface area contributed by atoms with Crippen LogP contribution in [-0.2, 0) is 11.3 Å². The summed E-state index contributed by atoms with van der Waals surface area (Å²) in [5.41, 5.74) is 2.30. The SMILES string of the molecule is O=C(O)c1cccc(C(=O)NCc2cc(Cl)ccc2N2CCOCC2)c1. The molecule has 0 bridgehead atoms. The monoisotopic (exact) mass is 374 g/mol. The van der Waals surface area contributed by atoms with Gasteiger partial charge in [0.2, 0.25) is 0 Å². The molecule has 0 saturated carbocycles. The second kappa shape index (κ2) is 8.21. The van der Waals surface area contributed by atoms with Gasteiger partial charge < -0.3 is 20.1 Å². The fraction of sp³-hybridized carbons (Fsp3) is 0.263. The van der Waals surface area contributed by atoms with Crippen molar-refractivity contribution >= 4 is 29.2 Å². The van der Waals surface area contributed by atoms with E-state index in [9.17, 15) is 9.59 Å². The highest BCUT2D eigenvalue weighted by molar-refractivity contribution is 6.30. The maximum absolute atomic E-state index is 12.4. The van der Waals surface area contributed by atoms with E-state index in [1.54, 1.807) is 12.1 Å². The average Bonchev–Trinajstić information content (AvgIpc) is 2.67. The van der Waals surface area contributed by atoms with E-state index in [4.69, 9.17) is 21.4 Å². The predicted octanol–water partition coefficient (Wildman–Crippen LogP) is 2.80. The highest BCUT2D eigenvalue weighted by Gasteiger charge is 2.16. The molecule has 1 aliphatic heterocycles. The summed E-state index contributed by atoms with van der Waals surface area (Å²) >= 11 is 6.12. The number of ether oxygens (including phenoxy) is 1. The van der Waals surface area contributed by atoms with Crippen molar-refractivity contribution in [3.8, 4) is 0 Å². The van der Waals surface area contributed by atoms with Gasteiger partial charge in [0, 0.05) is 35.9 Å². The molecule has 0 aromatic heterocycles. The smallest absolute Gasteiger partial charge is 0.335 e. The molecule has 7 heteroatoms. The summed E-state index contributed by atoms with van der Waals surface area (Å²) < 4.78 is 5.39. The van der Waals surface area contributed by atoms with Gasteiger partial charge in [0.05, 0.1) is 18.8 Å². The van der Waals surface area contributed by atoms with Gasteiger partial charge in [0.25, 0.3) is 5.91 Å². The number of benzene rings is 2. The number of amides is 1. The molecule has 1 saturated heterocycles. The maximum atomic E-state index is 12.4. The lowest BCUT2D eigenvalue weighted by molar-refractivity contribution is 0.0697. The molecule has 2 aromatic carbocycles. The van der Waals surface area contributed by atoms with Crippen molar-refractivity contribution < 1.29 is 19.4 Å². The van der Waals surface area contributed by atoms with E-state index in [-0.39, 0.29) is 11.5 Å². The first kappa shape index (κ1) is 18.2. The standard InChI is InChI=1S/C19H19ClN2O4/c20-16-4-5-17(22-6-8-26-9-7-22)15(11-16)12-21-18(23)13-2-1-3-14(10-13)19(24)25/h1-5,10-11H,6-9,12H2,(H,21,23)(H,24,25). The van der Waals surface area contributed by atoms with Crippen molar-refractivity contribution in [2.24, 2.45) is 0 Å². The Balaban J connectivity index is 1.74. The molecular formula is C19H19ClN2O4. The van der Waals surface area contributed by atoms with E-state index in [0.29, 0.717) is 30.3 Å². The van der Waals surface area contributed by atoms with Gasteiger partial charge in [-0.25, -0.2) is 4.79 Å². The van der Waals surface area contributed by atoms with Gasteiger partial charge in [-0.15, -0.1) is 0 Å². The first-order valence-electron chi connectivity index (χ1n) is 8.27. The van der Waals surface area contributed by atoms with Gasteiger partial charge in [-0.1, -0.05) is 17.7 Å². The first-order valence-corrected chi connectivity index (χ1v) is 8.65. The average molecular weight is 375 g/mol. The number of anilines is 1. The predicted molar refractivity (Wildman–Crippen MR) is 99.1 cm³/mol. The van der Waals surface area contributed by atoms with E-state index in [1.807, 2.05) is 18.2 Å².